The van der Waals surface area contributed by atoms with Crippen LogP contribution in [0.25, 0.3) is 0 Å². The number of thiophene rings is 1. The topological polar surface area (TPSA) is 40.5 Å². The molecule has 1 atom stereocenters. The van der Waals surface area contributed by atoms with Gasteiger partial charge in [-0.25, -0.2) is 0 Å². The van der Waals surface area contributed by atoms with E-state index in [1.54, 1.807) is 24.1 Å². The summed E-state index contributed by atoms with van der Waals surface area (Å²) >= 11 is 7.51. The fraction of sp³-hybridized carbons (Fsp3) is 0.267. The van der Waals surface area contributed by atoms with Gasteiger partial charge in [0.2, 0.25) is 0 Å². The van der Waals surface area contributed by atoms with Crippen molar-refractivity contribution >= 4 is 28.8 Å². The number of aromatic hydroxyl groups is 1. The fourth-order valence-electron chi connectivity index (χ4n) is 1.89. The van der Waals surface area contributed by atoms with Gasteiger partial charge in [-0.05, 0) is 42.5 Å². The molecule has 1 amide bonds. The Labute approximate surface area is 127 Å². The lowest BCUT2D eigenvalue weighted by molar-refractivity contribution is 0.0747. The first-order chi connectivity index (χ1) is 9.41. The van der Waals surface area contributed by atoms with E-state index in [1.165, 1.54) is 11.3 Å². The second-order valence-corrected chi connectivity index (χ2v) is 6.00. The second kappa shape index (κ2) is 5.85. The van der Waals surface area contributed by atoms with Crippen LogP contribution in [0.1, 0.15) is 33.8 Å². The number of phenols is 1. The van der Waals surface area contributed by atoms with Crippen molar-refractivity contribution in [2.75, 3.05) is 7.05 Å². The van der Waals surface area contributed by atoms with Gasteiger partial charge in [-0.15, -0.1) is 11.3 Å². The van der Waals surface area contributed by atoms with E-state index >= 15 is 0 Å². The highest BCUT2D eigenvalue weighted by atomic mass is 35.5. The van der Waals surface area contributed by atoms with Crippen LogP contribution in [0.15, 0.2) is 29.6 Å². The highest BCUT2D eigenvalue weighted by Gasteiger charge is 2.23. The summed E-state index contributed by atoms with van der Waals surface area (Å²) in [6.45, 7) is 3.83. The van der Waals surface area contributed by atoms with Crippen molar-refractivity contribution in [3.63, 3.8) is 0 Å². The van der Waals surface area contributed by atoms with E-state index in [2.05, 4.69) is 0 Å². The average molecular weight is 310 g/mol. The molecular formula is C15H16ClNO2S. The Morgan fingerprint density at radius 2 is 1.95 bits per heavy atom. The maximum Gasteiger partial charge on any atom is 0.265 e. The lowest BCUT2D eigenvalue weighted by Crippen LogP contribution is -2.29. The predicted octanol–water partition coefficient (Wildman–Crippen LogP) is 4.25. The first-order valence-electron chi connectivity index (χ1n) is 6.21. The summed E-state index contributed by atoms with van der Waals surface area (Å²) in [5.41, 5.74) is 1.88. The van der Waals surface area contributed by atoms with Crippen molar-refractivity contribution in [1.29, 1.82) is 0 Å². The van der Waals surface area contributed by atoms with E-state index in [9.17, 15) is 9.90 Å². The number of aryl methyl sites for hydroxylation is 1. The summed E-state index contributed by atoms with van der Waals surface area (Å²) in [5.74, 6) is 0.125. The van der Waals surface area contributed by atoms with Crippen molar-refractivity contribution in [2.24, 2.45) is 0 Å². The summed E-state index contributed by atoms with van der Waals surface area (Å²) in [6.07, 6.45) is 0. The molecule has 5 heteroatoms. The van der Waals surface area contributed by atoms with Gasteiger partial charge < -0.3 is 10.0 Å². The van der Waals surface area contributed by atoms with Gasteiger partial charge in [0, 0.05) is 7.05 Å². The second-order valence-electron chi connectivity index (χ2n) is 4.75. The molecule has 2 rings (SSSR count). The van der Waals surface area contributed by atoms with Crippen LogP contribution in [0.3, 0.4) is 0 Å². The Balaban J connectivity index is 2.22. The smallest absolute Gasteiger partial charge is 0.265 e. The van der Waals surface area contributed by atoms with Crippen LogP contribution in [-0.4, -0.2) is 23.0 Å². The first-order valence-corrected chi connectivity index (χ1v) is 7.47. The van der Waals surface area contributed by atoms with Crippen molar-refractivity contribution in [1.82, 2.24) is 4.90 Å². The standard InChI is InChI=1S/C15H16ClNO2S/c1-9-8-20-14(13(9)16)15(19)17(3)10(2)11-4-6-12(18)7-5-11/h4-8,10,18H,1-3H3. The molecule has 0 aliphatic rings. The Morgan fingerprint density at radius 1 is 1.35 bits per heavy atom. The largest absolute Gasteiger partial charge is 0.508 e. The van der Waals surface area contributed by atoms with Gasteiger partial charge in [0.25, 0.3) is 5.91 Å². The maximum absolute atomic E-state index is 12.5. The van der Waals surface area contributed by atoms with Crippen LogP contribution in [-0.2, 0) is 0 Å². The third-order valence-corrected chi connectivity index (χ3v) is 5.06. The number of phenolic OH excluding ortho intramolecular Hbond substituents is 1. The number of rotatable bonds is 3. The molecule has 0 radical (unpaired) electrons. The molecule has 1 unspecified atom stereocenters. The number of nitrogens with zero attached hydrogens (tertiary/aromatic N) is 1. The Morgan fingerprint density at radius 3 is 2.45 bits per heavy atom. The quantitative estimate of drug-likeness (QED) is 0.921. The molecule has 1 heterocycles. The van der Waals surface area contributed by atoms with Gasteiger partial charge in [-0.3, -0.25) is 4.79 Å². The molecule has 106 valence electrons. The summed E-state index contributed by atoms with van der Waals surface area (Å²) < 4.78 is 0. The van der Waals surface area contributed by atoms with Gasteiger partial charge in [0.1, 0.15) is 10.6 Å². The van der Waals surface area contributed by atoms with Gasteiger partial charge in [-0.1, -0.05) is 23.7 Å². The maximum atomic E-state index is 12.5. The van der Waals surface area contributed by atoms with Gasteiger partial charge in [0.05, 0.1) is 11.1 Å². The first kappa shape index (κ1) is 14.9. The number of halogens is 1. The molecule has 0 bridgehead atoms. The molecule has 3 nitrogen and oxygen atoms in total. The number of carbonyl (C=O) groups is 1. The molecule has 1 aromatic heterocycles. The highest BCUT2D eigenvalue weighted by Crippen LogP contribution is 2.30. The number of benzene rings is 1. The third kappa shape index (κ3) is 2.81. The molecule has 0 aliphatic carbocycles. The number of amides is 1. The normalized spacial score (nSPS) is 12.2. The SMILES string of the molecule is Cc1csc(C(=O)N(C)C(C)c2ccc(O)cc2)c1Cl. The Hall–Kier alpha value is -1.52. The van der Waals surface area contributed by atoms with Gasteiger partial charge >= 0.3 is 0 Å². The molecule has 0 saturated heterocycles. The van der Waals surface area contributed by atoms with Crippen LogP contribution >= 0.6 is 22.9 Å². The Bertz CT molecular complexity index is 621. The van der Waals surface area contributed by atoms with Crippen LogP contribution < -0.4 is 0 Å². The van der Waals surface area contributed by atoms with Crippen LogP contribution in [0.5, 0.6) is 5.75 Å². The molecular weight excluding hydrogens is 294 g/mol. The van der Waals surface area contributed by atoms with E-state index in [0.717, 1.165) is 11.1 Å². The molecule has 20 heavy (non-hydrogen) atoms. The average Bonchev–Trinajstić information content (AvgIpc) is 2.77. The van der Waals surface area contributed by atoms with Gasteiger partial charge in [-0.2, -0.15) is 0 Å². The minimum Gasteiger partial charge on any atom is -0.508 e. The molecule has 1 aromatic carbocycles. The monoisotopic (exact) mass is 309 g/mol. The zero-order valence-electron chi connectivity index (χ0n) is 11.6. The number of hydrogen-bond donors (Lipinski definition) is 1. The van der Waals surface area contributed by atoms with Gasteiger partial charge in [0.15, 0.2) is 0 Å². The van der Waals surface area contributed by atoms with E-state index in [1.807, 2.05) is 31.4 Å². The predicted molar refractivity (Wildman–Crippen MR) is 82.7 cm³/mol. The van der Waals surface area contributed by atoms with E-state index in [4.69, 9.17) is 11.6 Å². The van der Waals surface area contributed by atoms with Crippen LogP contribution in [0.4, 0.5) is 0 Å². The zero-order valence-corrected chi connectivity index (χ0v) is 13.1. The number of carbonyl (C=O) groups excluding carboxylic acids is 1. The minimum atomic E-state index is -0.0958. The lowest BCUT2D eigenvalue weighted by atomic mass is 10.1. The molecule has 0 spiro atoms. The van der Waals surface area contributed by atoms with Crippen molar-refractivity contribution in [2.45, 2.75) is 19.9 Å². The summed E-state index contributed by atoms with van der Waals surface area (Å²) in [7, 11) is 1.76. The van der Waals surface area contributed by atoms with Crippen molar-refractivity contribution in [3.8, 4) is 5.75 Å². The van der Waals surface area contributed by atoms with E-state index < -0.39 is 0 Å². The Kier molecular flexibility index (Phi) is 4.35. The minimum absolute atomic E-state index is 0.0892. The summed E-state index contributed by atoms with van der Waals surface area (Å²) in [4.78, 5) is 14.7. The molecule has 1 N–H and O–H groups in total. The molecule has 0 aliphatic heterocycles. The van der Waals surface area contributed by atoms with Crippen molar-refractivity contribution < 1.29 is 9.90 Å². The molecule has 0 fully saturated rings. The number of hydrogen-bond acceptors (Lipinski definition) is 3. The summed E-state index contributed by atoms with van der Waals surface area (Å²) in [6, 6.07) is 6.76. The van der Waals surface area contributed by atoms with Crippen LogP contribution in [0, 0.1) is 6.92 Å². The highest BCUT2D eigenvalue weighted by molar-refractivity contribution is 7.13. The summed E-state index contributed by atoms with van der Waals surface area (Å²) in [5, 5.41) is 11.7. The lowest BCUT2D eigenvalue weighted by Gasteiger charge is -2.25. The van der Waals surface area contributed by atoms with Crippen molar-refractivity contribution in [3.05, 3.63) is 50.7 Å². The molecule has 0 saturated carbocycles. The molecule has 2 aromatic rings. The van der Waals surface area contributed by atoms with Crippen LogP contribution in [0.2, 0.25) is 5.02 Å². The van der Waals surface area contributed by atoms with E-state index in [-0.39, 0.29) is 17.7 Å². The fourth-order valence-corrected chi connectivity index (χ4v) is 3.14. The third-order valence-electron chi connectivity index (χ3n) is 3.37. The zero-order chi connectivity index (χ0) is 14.9. The van der Waals surface area contributed by atoms with E-state index in [0.29, 0.717) is 9.90 Å².